The Labute approximate surface area is 91.8 Å². The number of carbonyl (C=O) groups excluding carboxylic acids is 2. The van der Waals surface area contributed by atoms with Crippen LogP contribution in [0.4, 0.5) is 0 Å². The molecule has 0 unspecified atom stereocenters. The van der Waals surface area contributed by atoms with Gasteiger partial charge in [0.1, 0.15) is 0 Å². The summed E-state index contributed by atoms with van der Waals surface area (Å²) in [6, 6.07) is 0. The lowest BCUT2D eigenvalue weighted by Crippen LogP contribution is -2.41. The molecule has 0 rings (SSSR count). The van der Waals surface area contributed by atoms with E-state index in [1.165, 1.54) is 0 Å². The van der Waals surface area contributed by atoms with E-state index in [1.54, 1.807) is 0 Å². The number of nitrogens with one attached hydrogen (secondary N) is 2. The van der Waals surface area contributed by atoms with Crippen LogP contribution in [0.5, 0.6) is 0 Å². The molecule has 0 saturated heterocycles. The molecule has 88 valence electrons. The van der Waals surface area contributed by atoms with Gasteiger partial charge in [0.15, 0.2) is 0 Å². The Morgan fingerprint density at radius 3 is 2.20 bits per heavy atom. The monoisotopic (exact) mass is 214 g/mol. The van der Waals surface area contributed by atoms with Gasteiger partial charge in [-0.1, -0.05) is 34.1 Å². The van der Waals surface area contributed by atoms with Crippen molar-refractivity contribution in [1.29, 1.82) is 0 Å². The van der Waals surface area contributed by atoms with E-state index in [0.717, 1.165) is 12.8 Å². The zero-order valence-corrected chi connectivity index (χ0v) is 10.1. The molecule has 2 amide bonds. The van der Waals surface area contributed by atoms with E-state index in [-0.39, 0.29) is 18.4 Å². The summed E-state index contributed by atoms with van der Waals surface area (Å²) in [5.74, 6) is -0.228. The van der Waals surface area contributed by atoms with Gasteiger partial charge in [-0.2, -0.15) is 0 Å². The zero-order chi connectivity index (χ0) is 11.9. The third kappa shape index (κ3) is 6.94. The zero-order valence-electron chi connectivity index (χ0n) is 10.1. The van der Waals surface area contributed by atoms with Gasteiger partial charge < -0.3 is 10.6 Å². The molecule has 0 heterocycles. The number of hydrogen-bond donors (Lipinski definition) is 2. The van der Waals surface area contributed by atoms with Crippen molar-refractivity contribution in [2.45, 2.75) is 40.5 Å². The van der Waals surface area contributed by atoms with Gasteiger partial charge in [-0.05, 0) is 6.42 Å². The van der Waals surface area contributed by atoms with Gasteiger partial charge in [0.25, 0.3) is 0 Å². The predicted molar refractivity (Wildman–Crippen MR) is 60.4 cm³/mol. The maximum atomic E-state index is 11.4. The topological polar surface area (TPSA) is 58.2 Å². The first kappa shape index (κ1) is 13.9. The maximum absolute atomic E-state index is 11.4. The fraction of sp³-hybridized carbons (Fsp3) is 0.818. The largest absolute Gasteiger partial charge is 0.355 e. The number of amides is 2. The fourth-order valence-corrected chi connectivity index (χ4v) is 0.893. The Hall–Kier alpha value is -1.06. The van der Waals surface area contributed by atoms with Gasteiger partial charge in [0, 0.05) is 12.0 Å². The van der Waals surface area contributed by atoms with Gasteiger partial charge in [-0.3, -0.25) is 9.59 Å². The van der Waals surface area contributed by atoms with Crippen LogP contribution in [0, 0.1) is 5.41 Å². The first-order valence-electron chi connectivity index (χ1n) is 5.43. The minimum absolute atomic E-state index is 0.0693. The van der Waals surface area contributed by atoms with Crippen LogP contribution in [0.3, 0.4) is 0 Å². The summed E-state index contributed by atoms with van der Waals surface area (Å²) in [4.78, 5) is 22.6. The maximum Gasteiger partial charge on any atom is 0.239 e. The van der Waals surface area contributed by atoms with Crippen LogP contribution in [-0.4, -0.2) is 24.9 Å². The van der Waals surface area contributed by atoms with Crippen LogP contribution in [-0.2, 0) is 9.59 Å². The average molecular weight is 214 g/mol. The minimum Gasteiger partial charge on any atom is -0.355 e. The molecule has 0 aromatic rings. The van der Waals surface area contributed by atoms with Crippen molar-refractivity contribution < 1.29 is 9.59 Å². The van der Waals surface area contributed by atoms with E-state index < -0.39 is 5.41 Å². The van der Waals surface area contributed by atoms with Crippen LogP contribution < -0.4 is 10.6 Å². The molecule has 0 aliphatic rings. The van der Waals surface area contributed by atoms with Crippen molar-refractivity contribution >= 4 is 11.8 Å². The molecular formula is C11H22N2O2. The Morgan fingerprint density at radius 1 is 1.13 bits per heavy atom. The SMILES string of the molecule is CCCCNC(=O)CNC(=O)C(C)(C)C. The summed E-state index contributed by atoms with van der Waals surface area (Å²) < 4.78 is 0. The summed E-state index contributed by atoms with van der Waals surface area (Å²) in [7, 11) is 0. The van der Waals surface area contributed by atoms with E-state index in [0.29, 0.717) is 6.54 Å². The second-order valence-corrected chi connectivity index (χ2v) is 4.64. The van der Waals surface area contributed by atoms with Crippen molar-refractivity contribution in [2.24, 2.45) is 5.41 Å². The minimum atomic E-state index is -0.441. The summed E-state index contributed by atoms with van der Waals surface area (Å²) in [5, 5.41) is 5.34. The summed E-state index contributed by atoms with van der Waals surface area (Å²) >= 11 is 0. The Kier molecular flexibility index (Phi) is 5.97. The number of unbranched alkanes of at least 4 members (excludes halogenated alkanes) is 1. The van der Waals surface area contributed by atoms with Crippen LogP contribution in [0.2, 0.25) is 0 Å². The third-order valence-electron chi connectivity index (χ3n) is 1.94. The highest BCUT2D eigenvalue weighted by Gasteiger charge is 2.21. The summed E-state index contributed by atoms with van der Waals surface area (Å²) in [6.45, 7) is 8.26. The summed E-state index contributed by atoms with van der Waals surface area (Å²) in [5.41, 5.74) is -0.441. The summed E-state index contributed by atoms with van der Waals surface area (Å²) in [6.07, 6.45) is 2.02. The normalized spacial score (nSPS) is 10.9. The lowest BCUT2D eigenvalue weighted by Gasteiger charge is -2.17. The Bertz CT molecular complexity index is 219. The smallest absolute Gasteiger partial charge is 0.239 e. The molecular weight excluding hydrogens is 192 g/mol. The molecule has 0 aromatic carbocycles. The van der Waals surface area contributed by atoms with E-state index in [4.69, 9.17) is 0 Å². The Balaban J connectivity index is 3.67. The molecule has 2 N–H and O–H groups in total. The molecule has 4 nitrogen and oxygen atoms in total. The molecule has 0 aliphatic carbocycles. The van der Waals surface area contributed by atoms with Gasteiger partial charge in [-0.25, -0.2) is 0 Å². The molecule has 0 radical (unpaired) electrons. The highest BCUT2D eigenvalue weighted by molar-refractivity contribution is 5.87. The van der Waals surface area contributed by atoms with Crippen molar-refractivity contribution in [3.05, 3.63) is 0 Å². The fourth-order valence-electron chi connectivity index (χ4n) is 0.893. The van der Waals surface area contributed by atoms with Crippen LogP contribution >= 0.6 is 0 Å². The van der Waals surface area contributed by atoms with Crippen LogP contribution in [0.25, 0.3) is 0 Å². The quantitative estimate of drug-likeness (QED) is 0.672. The molecule has 4 heteroatoms. The lowest BCUT2D eigenvalue weighted by atomic mass is 9.96. The van der Waals surface area contributed by atoms with Gasteiger partial charge in [0.05, 0.1) is 6.54 Å². The standard InChI is InChI=1S/C11H22N2O2/c1-5-6-7-12-9(14)8-13-10(15)11(2,3)4/h5-8H2,1-4H3,(H,12,14)(H,13,15). The van der Waals surface area contributed by atoms with Crippen LogP contribution in [0.1, 0.15) is 40.5 Å². The highest BCUT2D eigenvalue weighted by Crippen LogP contribution is 2.11. The second-order valence-electron chi connectivity index (χ2n) is 4.64. The van der Waals surface area contributed by atoms with E-state index in [2.05, 4.69) is 17.6 Å². The highest BCUT2D eigenvalue weighted by atomic mass is 16.2. The first-order chi connectivity index (χ1) is 6.88. The molecule has 0 fully saturated rings. The molecule has 15 heavy (non-hydrogen) atoms. The molecule has 0 aliphatic heterocycles. The van der Waals surface area contributed by atoms with E-state index >= 15 is 0 Å². The Morgan fingerprint density at radius 2 is 1.73 bits per heavy atom. The van der Waals surface area contributed by atoms with Crippen molar-refractivity contribution in [3.63, 3.8) is 0 Å². The van der Waals surface area contributed by atoms with E-state index in [9.17, 15) is 9.59 Å². The van der Waals surface area contributed by atoms with E-state index in [1.807, 2.05) is 20.8 Å². The molecule has 0 atom stereocenters. The van der Waals surface area contributed by atoms with Gasteiger partial charge in [-0.15, -0.1) is 0 Å². The molecule has 0 saturated carbocycles. The average Bonchev–Trinajstić information content (AvgIpc) is 2.13. The van der Waals surface area contributed by atoms with Crippen molar-refractivity contribution in [1.82, 2.24) is 10.6 Å². The van der Waals surface area contributed by atoms with Crippen molar-refractivity contribution in [2.75, 3.05) is 13.1 Å². The lowest BCUT2D eigenvalue weighted by molar-refractivity contribution is -0.131. The second kappa shape index (κ2) is 6.43. The number of hydrogen-bond acceptors (Lipinski definition) is 2. The predicted octanol–water partition coefficient (Wildman–Crippen LogP) is 1.06. The van der Waals surface area contributed by atoms with Crippen LogP contribution in [0.15, 0.2) is 0 Å². The molecule has 0 spiro atoms. The number of carbonyl (C=O) groups is 2. The van der Waals surface area contributed by atoms with Gasteiger partial charge in [0.2, 0.25) is 11.8 Å². The third-order valence-corrected chi connectivity index (χ3v) is 1.94. The van der Waals surface area contributed by atoms with Gasteiger partial charge >= 0.3 is 0 Å². The molecule has 0 bridgehead atoms. The number of rotatable bonds is 5. The van der Waals surface area contributed by atoms with Crippen molar-refractivity contribution in [3.8, 4) is 0 Å². The first-order valence-corrected chi connectivity index (χ1v) is 5.43. The molecule has 0 aromatic heterocycles.